The number of aromatic amines is 2. The highest BCUT2D eigenvalue weighted by Gasteiger charge is 2.06. The molecule has 82 valence electrons. The molecule has 0 atom stereocenters. The van der Waals surface area contributed by atoms with Gasteiger partial charge in [-0.2, -0.15) is 10.2 Å². The summed E-state index contributed by atoms with van der Waals surface area (Å²) in [5.74, 6) is -0.341. The molecule has 6 nitrogen and oxygen atoms in total. The van der Waals surface area contributed by atoms with E-state index in [-0.39, 0.29) is 5.91 Å². The van der Waals surface area contributed by atoms with Crippen LogP contribution in [0.3, 0.4) is 0 Å². The van der Waals surface area contributed by atoms with Gasteiger partial charge in [-0.3, -0.25) is 9.89 Å². The van der Waals surface area contributed by atoms with Crippen molar-refractivity contribution in [3.8, 4) is 0 Å². The lowest BCUT2D eigenvalue weighted by molar-refractivity contribution is 0.0950. The Morgan fingerprint density at radius 1 is 1.62 bits per heavy atom. The second kappa shape index (κ2) is 4.43. The van der Waals surface area contributed by atoms with Gasteiger partial charge in [0.1, 0.15) is 0 Å². The van der Waals surface area contributed by atoms with Crippen molar-refractivity contribution in [3.05, 3.63) is 41.5 Å². The molecule has 0 aliphatic carbocycles. The highest BCUT2D eigenvalue weighted by atomic mass is 16.2. The summed E-state index contributed by atoms with van der Waals surface area (Å²) in [6, 6.07) is 5.34. The maximum Gasteiger partial charge on any atom is 0.291 e. The van der Waals surface area contributed by atoms with Crippen LogP contribution in [0.1, 0.15) is 21.9 Å². The summed E-state index contributed by atoms with van der Waals surface area (Å²) in [5.41, 5.74) is 4.35. The van der Waals surface area contributed by atoms with E-state index in [2.05, 4.69) is 25.7 Å². The van der Waals surface area contributed by atoms with Crippen LogP contribution in [-0.4, -0.2) is 27.3 Å². The molecule has 1 amide bonds. The van der Waals surface area contributed by atoms with E-state index >= 15 is 0 Å². The molecule has 0 aliphatic rings. The van der Waals surface area contributed by atoms with Crippen LogP contribution in [-0.2, 0) is 0 Å². The minimum atomic E-state index is -0.341. The Hall–Kier alpha value is -2.37. The molecule has 2 heterocycles. The van der Waals surface area contributed by atoms with Crippen LogP contribution in [0.4, 0.5) is 0 Å². The lowest BCUT2D eigenvalue weighted by Gasteiger charge is -1.93. The van der Waals surface area contributed by atoms with E-state index in [4.69, 9.17) is 0 Å². The van der Waals surface area contributed by atoms with Gasteiger partial charge < -0.3 is 4.98 Å². The van der Waals surface area contributed by atoms with Crippen molar-refractivity contribution in [1.82, 2.24) is 20.6 Å². The zero-order valence-corrected chi connectivity index (χ0v) is 8.69. The van der Waals surface area contributed by atoms with Gasteiger partial charge in [0.25, 0.3) is 5.91 Å². The van der Waals surface area contributed by atoms with Gasteiger partial charge in [-0.1, -0.05) is 0 Å². The van der Waals surface area contributed by atoms with Gasteiger partial charge in [0, 0.05) is 11.9 Å². The normalized spacial score (nSPS) is 10.8. The van der Waals surface area contributed by atoms with Crippen LogP contribution in [0.2, 0.25) is 0 Å². The van der Waals surface area contributed by atoms with Crippen LogP contribution < -0.4 is 5.43 Å². The van der Waals surface area contributed by atoms with E-state index in [0.29, 0.717) is 5.69 Å². The predicted octanol–water partition coefficient (Wildman–Crippen LogP) is 0.810. The number of nitrogens with zero attached hydrogens (tertiary/aromatic N) is 2. The highest BCUT2D eigenvalue weighted by Crippen LogP contribution is 1.96. The minimum absolute atomic E-state index is 0.320. The van der Waals surface area contributed by atoms with Crippen molar-refractivity contribution in [2.75, 3.05) is 0 Å². The summed E-state index contributed by atoms with van der Waals surface area (Å²) < 4.78 is 0. The van der Waals surface area contributed by atoms with Gasteiger partial charge in [0.15, 0.2) is 5.69 Å². The first-order valence-corrected chi connectivity index (χ1v) is 4.74. The lowest BCUT2D eigenvalue weighted by atomic mass is 10.4. The minimum Gasteiger partial charge on any atom is -0.360 e. The molecule has 0 radical (unpaired) electrons. The van der Waals surface area contributed by atoms with Crippen LogP contribution in [0.5, 0.6) is 0 Å². The van der Waals surface area contributed by atoms with Crippen molar-refractivity contribution >= 4 is 12.1 Å². The van der Waals surface area contributed by atoms with E-state index in [1.165, 1.54) is 6.21 Å². The van der Waals surface area contributed by atoms with E-state index < -0.39 is 0 Å². The standard InChI is InChI=1S/C10H11N5O/c1-7-5-9(14-13-7)10(16)15-12-6-8-3-2-4-11-8/h2-6,11H,1H3,(H,13,14)(H,15,16). The SMILES string of the molecule is Cc1cc(C(=O)NN=Cc2ccc[nH]2)n[nH]1. The molecular formula is C10H11N5O. The summed E-state index contributed by atoms with van der Waals surface area (Å²) in [6.07, 6.45) is 3.30. The molecule has 0 saturated heterocycles. The van der Waals surface area contributed by atoms with Crippen LogP contribution in [0.15, 0.2) is 29.5 Å². The average molecular weight is 217 g/mol. The van der Waals surface area contributed by atoms with E-state index in [1.807, 2.05) is 19.1 Å². The molecule has 0 unspecified atom stereocenters. The number of carbonyl (C=O) groups excluding carboxylic acids is 1. The maximum absolute atomic E-state index is 11.5. The number of aryl methyl sites for hydroxylation is 1. The quantitative estimate of drug-likeness (QED) is 0.525. The molecule has 2 aromatic heterocycles. The number of hydrazone groups is 1. The average Bonchev–Trinajstić information content (AvgIpc) is 2.89. The van der Waals surface area contributed by atoms with Gasteiger partial charge in [0.05, 0.1) is 11.9 Å². The lowest BCUT2D eigenvalue weighted by Crippen LogP contribution is -2.18. The van der Waals surface area contributed by atoms with Crippen molar-refractivity contribution in [1.29, 1.82) is 0 Å². The third kappa shape index (κ3) is 2.35. The molecule has 6 heteroatoms. The van der Waals surface area contributed by atoms with Crippen LogP contribution >= 0.6 is 0 Å². The summed E-state index contributed by atoms with van der Waals surface area (Å²) in [4.78, 5) is 14.4. The Balaban J connectivity index is 1.94. The van der Waals surface area contributed by atoms with E-state index in [9.17, 15) is 4.79 Å². The van der Waals surface area contributed by atoms with Gasteiger partial charge in [-0.05, 0) is 25.1 Å². The molecule has 0 spiro atoms. The first kappa shape index (κ1) is 10.2. The molecule has 3 N–H and O–H groups in total. The molecule has 2 rings (SSSR count). The van der Waals surface area contributed by atoms with Crippen LogP contribution in [0, 0.1) is 6.92 Å². The molecule has 0 fully saturated rings. The smallest absolute Gasteiger partial charge is 0.291 e. The van der Waals surface area contributed by atoms with E-state index in [0.717, 1.165) is 11.4 Å². The molecule has 0 bridgehead atoms. The van der Waals surface area contributed by atoms with Crippen molar-refractivity contribution < 1.29 is 4.79 Å². The largest absolute Gasteiger partial charge is 0.360 e. The predicted molar refractivity (Wildman–Crippen MR) is 59.2 cm³/mol. The fraction of sp³-hybridized carbons (Fsp3) is 0.100. The Morgan fingerprint density at radius 3 is 3.12 bits per heavy atom. The van der Waals surface area contributed by atoms with Crippen molar-refractivity contribution in [3.63, 3.8) is 0 Å². The summed E-state index contributed by atoms with van der Waals surface area (Å²) >= 11 is 0. The van der Waals surface area contributed by atoms with Gasteiger partial charge >= 0.3 is 0 Å². The summed E-state index contributed by atoms with van der Waals surface area (Å²) in [7, 11) is 0. The highest BCUT2D eigenvalue weighted by molar-refractivity contribution is 5.92. The van der Waals surface area contributed by atoms with E-state index in [1.54, 1.807) is 12.3 Å². The maximum atomic E-state index is 11.5. The number of amides is 1. The Kier molecular flexibility index (Phi) is 2.81. The fourth-order valence-corrected chi connectivity index (χ4v) is 1.18. The Labute approximate surface area is 91.8 Å². The second-order valence-electron chi connectivity index (χ2n) is 3.26. The number of nitrogens with one attached hydrogen (secondary N) is 3. The fourth-order valence-electron chi connectivity index (χ4n) is 1.18. The second-order valence-corrected chi connectivity index (χ2v) is 3.26. The first-order chi connectivity index (χ1) is 7.75. The zero-order valence-electron chi connectivity index (χ0n) is 8.69. The monoisotopic (exact) mass is 217 g/mol. The zero-order chi connectivity index (χ0) is 11.4. The summed E-state index contributed by atoms with van der Waals surface area (Å²) in [6.45, 7) is 1.83. The number of carbonyl (C=O) groups is 1. The molecule has 0 saturated carbocycles. The van der Waals surface area contributed by atoms with Crippen LogP contribution in [0.25, 0.3) is 0 Å². The van der Waals surface area contributed by atoms with Crippen molar-refractivity contribution in [2.24, 2.45) is 5.10 Å². The van der Waals surface area contributed by atoms with Gasteiger partial charge in [0.2, 0.25) is 0 Å². The first-order valence-electron chi connectivity index (χ1n) is 4.74. The van der Waals surface area contributed by atoms with Gasteiger partial charge in [-0.25, -0.2) is 5.43 Å². The Bertz CT molecular complexity index is 497. The third-order valence-corrected chi connectivity index (χ3v) is 1.93. The molecule has 2 aromatic rings. The Morgan fingerprint density at radius 2 is 2.50 bits per heavy atom. The molecule has 16 heavy (non-hydrogen) atoms. The molecular weight excluding hydrogens is 206 g/mol. The third-order valence-electron chi connectivity index (χ3n) is 1.93. The number of rotatable bonds is 3. The molecule has 0 aromatic carbocycles. The number of H-pyrrole nitrogens is 2. The number of hydrogen-bond acceptors (Lipinski definition) is 3. The topological polar surface area (TPSA) is 85.9 Å². The molecule has 0 aliphatic heterocycles. The van der Waals surface area contributed by atoms with Gasteiger partial charge in [-0.15, -0.1) is 0 Å². The number of aromatic nitrogens is 3. The number of hydrogen-bond donors (Lipinski definition) is 3. The van der Waals surface area contributed by atoms with Crippen molar-refractivity contribution in [2.45, 2.75) is 6.92 Å². The summed E-state index contributed by atoms with van der Waals surface area (Å²) in [5, 5.41) is 10.3.